The summed E-state index contributed by atoms with van der Waals surface area (Å²) in [4.78, 5) is 16.1. The van der Waals surface area contributed by atoms with Gasteiger partial charge in [0.2, 0.25) is 0 Å². The molecule has 3 nitrogen and oxygen atoms in total. The van der Waals surface area contributed by atoms with Crippen molar-refractivity contribution in [1.82, 2.24) is 4.98 Å². The molecule has 0 spiro atoms. The van der Waals surface area contributed by atoms with Crippen molar-refractivity contribution in [1.29, 1.82) is 0 Å². The predicted molar refractivity (Wildman–Crippen MR) is 84.9 cm³/mol. The van der Waals surface area contributed by atoms with Crippen LogP contribution >= 0.6 is 11.6 Å². The molecule has 0 unspecified atom stereocenters. The van der Waals surface area contributed by atoms with E-state index in [2.05, 4.69) is 4.98 Å². The number of hydrogen-bond donors (Lipinski definition) is 0. The maximum absolute atomic E-state index is 12.0. The van der Waals surface area contributed by atoms with Gasteiger partial charge in [0.15, 0.2) is 5.78 Å². The molecule has 0 aliphatic carbocycles. The van der Waals surface area contributed by atoms with Gasteiger partial charge in [0.05, 0.1) is 12.3 Å². The highest BCUT2D eigenvalue weighted by atomic mass is 35.5. The van der Waals surface area contributed by atoms with E-state index in [1.54, 1.807) is 36.5 Å². The van der Waals surface area contributed by atoms with E-state index in [0.29, 0.717) is 18.1 Å². The number of ether oxygens (including phenoxy) is 1. The zero-order chi connectivity index (χ0) is 14.9. The van der Waals surface area contributed by atoms with Crippen LogP contribution in [0, 0.1) is 0 Å². The third-order valence-corrected chi connectivity index (χ3v) is 3.05. The van der Waals surface area contributed by atoms with Gasteiger partial charge in [0.1, 0.15) is 5.75 Å². The number of rotatable bonds is 7. The van der Waals surface area contributed by atoms with E-state index in [1.165, 1.54) is 6.08 Å². The first kappa shape index (κ1) is 15.3. The Morgan fingerprint density at radius 2 is 2.00 bits per heavy atom. The Labute approximate surface area is 129 Å². The lowest BCUT2D eigenvalue weighted by molar-refractivity contribution is 0.104. The van der Waals surface area contributed by atoms with E-state index >= 15 is 0 Å². The molecule has 2 rings (SSSR count). The van der Waals surface area contributed by atoms with Crippen LogP contribution in [0.3, 0.4) is 0 Å². The zero-order valence-electron chi connectivity index (χ0n) is 11.5. The molecule has 1 heterocycles. The molecule has 0 amide bonds. The average molecular weight is 302 g/mol. The maximum atomic E-state index is 12.0. The van der Waals surface area contributed by atoms with Crippen molar-refractivity contribution in [2.45, 2.75) is 6.42 Å². The standard InChI is InChI=1S/C17H16ClNO2/c18-11-3-13-21-16-8-5-14(6-9-16)17(20)10-7-15-4-1-2-12-19-15/h1-2,4-10,12H,3,11,13H2/b10-7+. The summed E-state index contributed by atoms with van der Waals surface area (Å²) in [6, 6.07) is 12.6. The Hall–Kier alpha value is -2.13. The molecule has 0 aliphatic heterocycles. The number of allylic oxidation sites excluding steroid dienone is 1. The van der Waals surface area contributed by atoms with Crippen LogP contribution in [0.5, 0.6) is 5.75 Å². The quantitative estimate of drug-likeness (QED) is 0.336. The fourth-order valence-corrected chi connectivity index (χ4v) is 1.80. The third kappa shape index (κ3) is 5.04. The molecular formula is C17H16ClNO2. The number of ketones is 1. The van der Waals surface area contributed by atoms with E-state index in [9.17, 15) is 4.79 Å². The lowest BCUT2D eigenvalue weighted by atomic mass is 10.1. The third-order valence-electron chi connectivity index (χ3n) is 2.78. The minimum absolute atomic E-state index is 0.0621. The Bertz CT molecular complexity index is 594. The smallest absolute Gasteiger partial charge is 0.185 e. The highest BCUT2D eigenvalue weighted by Crippen LogP contribution is 2.13. The van der Waals surface area contributed by atoms with E-state index < -0.39 is 0 Å². The van der Waals surface area contributed by atoms with Gasteiger partial charge in [-0.2, -0.15) is 0 Å². The molecule has 4 heteroatoms. The zero-order valence-corrected chi connectivity index (χ0v) is 12.3. The lowest BCUT2D eigenvalue weighted by Gasteiger charge is -2.05. The summed E-state index contributed by atoms with van der Waals surface area (Å²) >= 11 is 5.58. The Balaban J connectivity index is 1.95. The molecule has 0 N–H and O–H groups in total. The van der Waals surface area contributed by atoms with Crippen molar-refractivity contribution < 1.29 is 9.53 Å². The molecule has 1 aromatic heterocycles. The summed E-state index contributed by atoms with van der Waals surface area (Å²) in [6.45, 7) is 0.580. The molecule has 108 valence electrons. The second-order valence-corrected chi connectivity index (χ2v) is 4.75. The fraction of sp³-hybridized carbons (Fsp3) is 0.176. The minimum Gasteiger partial charge on any atom is -0.494 e. The molecule has 0 atom stereocenters. The summed E-state index contributed by atoms with van der Waals surface area (Å²) < 4.78 is 5.49. The minimum atomic E-state index is -0.0621. The van der Waals surface area contributed by atoms with Crippen molar-refractivity contribution in [3.05, 3.63) is 66.0 Å². The number of halogens is 1. The molecule has 0 saturated carbocycles. The average Bonchev–Trinajstić information content (AvgIpc) is 2.54. The number of carbonyl (C=O) groups is 1. The summed E-state index contributed by atoms with van der Waals surface area (Å²) in [5.74, 6) is 1.26. The number of pyridine rings is 1. The molecule has 0 aliphatic rings. The van der Waals surface area contributed by atoms with Gasteiger partial charge in [-0.1, -0.05) is 6.07 Å². The molecule has 1 aromatic carbocycles. The van der Waals surface area contributed by atoms with Crippen molar-refractivity contribution in [3.63, 3.8) is 0 Å². The van der Waals surface area contributed by atoms with Crippen LogP contribution < -0.4 is 4.74 Å². The van der Waals surface area contributed by atoms with Gasteiger partial charge < -0.3 is 4.74 Å². The summed E-state index contributed by atoms with van der Waals surface area (Å²) in [5, 5.41) is 0. The van der Waals surface area contributed by atoms with Crippen LogP contribution in [0.2, 0.25) is 0 Å². The normalized spacial score (nSPS) is 10.7. The Morgan fingerprint density at radius 1 is 1.19 bits per heavy atom. The van der Waals surface area contributed by atoms with Crippen LogP contribution in [0.25, 0.3) is 6.08 Å². The molecule has 0 radical (unpaired) electrons. The monoisotopic (exact) mass is 301 g/mol. The SMILES string of the molecule is O=C(/C=C/c1ccccn1)c1ccc(OCCCCl)cc1. The number of benzene rings is 1. The number of alkyl halides is 1. The molecular weight excluding hydrogens is 286 g/mol. The summed E-state index contributed by atoms with van der Waals surface area (Å²) in [6.07, 6.45) is 5.71. The van der Waals surface area contributed by atoms with Gasteiger partial charge in [-0.05, 0) is 55.0 Å². The topological polar surface area (TPSA) is 39.2 Å². The lowest BCUT2D eigenvalue weighted by Crippen LogP contribution is -1.99. The number of carbonyl (C=O) groups excluding carboxylic acids is 1. The van der Waals surface area contributed by atoms with Gasteiger partial charge in [-0.25, -0.2) is 0 Å². The van der Waals surface area contributed by atoms with Crippen LogP contribution in [-0.2, 0) is 0 Å². The first-order valence-electron chi connectivity index (χ1n) is 6.72. The van der Waals surface area contributed by atoms with Crippen molar-refractivity contribution in [3.8, 4) is 5.75 Å². The number of aromatic nitrogens is 1. The van der Waals surface area contributed by atoms with Crippen LogP contribution in [0.1, 0.15) is 22.5 Å². The Morgan fingerprint density at radius 3 is 2.67 bits per heavy atom. The molecule has 0 bridgehead atoms. The number of hydrogen-bond acceptors (Lipinski definition) is 3. The maximum Gasteiger partial charge on any atom is 0.185 e. The van der Waals surface area contributed by atoms with Crippen molar-refractivity contribution in [2.24, 2.45) is 0 Å². The first-order valence-corrected chi connectivity index (χ1v) is 7.25. The molecule has 0 fully saturated rings. The first-order chi connectivity index (χ1) is 10.3. The molecule has 0 saturated heterocycles. The van der Waals surface area contributed by atoms with E-state index in [1.807, 2.05) is 18.2 Å². The van der Waals surface area contributed by atoms with Gasteiger partial charge in [0.25, 0.3) is 0 Å². The van der Waals surface area contributed by atoms with E-state index in [4.69, 9.17) is 16.3 Å². The second-order valence-electron chi connectivity index (χ2n) is 4.37. The van der Waals surface area contributed by atoms with Gasteiger partial charge in [-0.3, -0.25) is 9.78 Å². The molecule has 21 heavy (non-hydrogen) atoms. The predicted octanol–water partition coefficient (Wildman–Crippen LogP) is 3.99. The van der Waals surface area contributed by atoms with Crippen LogP contribution in [-0.4, -0.2) is 23.3 Å². The van der Waals surface area contributed by atoms with Gasteiger partial charge in [0, 0.05) is 17.6 Å². The second kappa shape index (κ2) is 8.22. The van der Waals surface area contributed by atoms with E-state index in [0.717, 1.165) is 17.9 Å². The summed E-state index contributed by atoms with van der Waals surface area (Å²) in [5.41, 5.74) is 1.37. The summed E-state index contributed by atoms with van der Waals surface area (Å²) in [7, 11) is 0. The van der Waals surface area contributed by atoms with E-state index in [-0.39, 0.29) is 5.78 Å². The van der Waals surface area contributed by atoms with Gasteiger partial charge in [-0.15, -0.1) is 11.6 Å². The fourth-order valence-electron chi connectivity index (χ4n) is 1.69. The number of nitrogens with zero attached hydrogens (tertiary/aromatic N) is 1. The van der Waals surface area contributed by atoms with Crippen molar-refractivity contribution >= 4 is 23.5 Å². The Kier molecular flexibility index (Phi) is 5.98. The van der Waals surface area contributed by atoms with Gasteiger partial charge >= 0.3 is 0 Å². The van der Waals surface area contributed by atoms with Crippen LogP contribution in [0.15, 0.2) is 54.7 Å². The highest BCUT2D eigenvalue weighted by molar-refractivity contribution is 6.17. The largest absolute Gasteiger partial charge is 0.494 e. The van der Waals surface area contributed by atoms with Crippen molar-refractivity contribution in [2.75, 3.05) is 12.5 Å². The van der Waals surface area contributed by atoms with Crippen LogP contribution in [0.4, 0.5) is 0 Å². The highest BCUT2D eigenvalue weighted by Gasteiger charge is 2.02. The molecule has 2 aromatic rings.